The maximum Gasteiger partial charge on any atom is 0.319 e. The number of anilines is 1. The van der Waals surface area contributed by atoms with E-state index in [1.54, 1.807) is 0 Å². The Balaban J connectivity index is 1.33. The summed E-state index contributed by atoms with van der Waals surface area (Å²) in [6, 6.07) is 17.0. The average Bonchev–Trinajstić information content (AvgIpc) is 2.79. The fraction of sp³-hybridized carbons (Fsp3) is 0.417. The summed E-state index contributed by atoms with van der Waals surface area (Å²) in [6.45, 7) is 3.82. The monoisotopic (exact) mass is 424 g/mol. The third-order valence-electron chi connectivity index (χ3n) is 5.58. The smallest absolute Gasteiger partial charge is 0.319 e. The molecule has 0 bridgehead atoms. The van der Waals surface area contributed by atoms with Crippen LogP contribution in [0, 0.1) is 5.92 Å². The number of amides is 3. The zero-order chi connectivity index (χ0) is 21.9. The highest BCUT2D eigenvalue weighted by Crippen LogP contribution is 2.19. The molecule has 0 radical (unpaired) electrons. The number of likely N-dealkylation sites (tertiary alicyclic amines) is 1. The van der Waals surface area contributed by atoms with Crippen LogP contribution in [0.15, 0.2) is 54.6 Å². The molecular weight excluding hydrogens is 392 g/mol. The zero-order valence-electron chi connectivity index (χ0n) is 17.9. The number of nitrogens with one attached hydrogen (secondary N) is 2. The number of ether oxygens (including phenoxy) is 1. The van der Waals surface area contributed by atoms with E-state index in [2.05, 4.69) is 15.5 Å². The summed E-state index contributed by atoms with van der Waals surface area (Å²) < 4.78 is 5.80. The van der Waals surface area contributed by atoms with Crippen LogP contribution in [0.2, 0.25) is 0 Å². The van der Waals surface area contributed by atoms with Crippen LogP contribution in [0.3, 0.4) is 0 Å². The highest BCUT2D eigenvalue weighted by molar-refractivity contribution is 5.90. The van der Waals surface area contributed by atoms with Crippen molar-refractivity contribution in [2.24, 2.45) is 11.7 Å². The molecule has 1 aliphatic heterocycles. The molecule has 0 aromatic heterocycles. The summed E-state index contributed by atoms with van der Waals surface area (Å²) in [5.74, 6) is 0.645. The lowest BCUT2D eigenvalue weighted by Crippen LogP contribution is -2.39. The molecule has 2 aromatic rings. The van der Waals surface area contributed by atoms with Crippen LogP contribution in [0.25, 0.3) is 0 Å². The van der Waals surface area contributed by atoms with E-state index in [-0.39, 0.29) is 17.9 Å². The van der Waals surface area contributed by atoms with Gasteiger partial charge in [0.25, 0.3) is 0 Å². The van der Waals surface area contributed by atoms with Crippen molar-refractivity contribution in [1.29, 1.82) is 0 Å². The number of primary amides is 1. The van der Waals surface area contributed by atoms with Gasteiger partial charge in [0, 0.05) is 23.7 Å². The van der Waals surface area contributed by atoms with Crippen molar-refractivity contribution in [2.75, 3.05) is 31.5 Å². The van der Waals surface area contributed by atoms with Crippen LogP contribution in [0.4, 0.5) is 10.5 Å². The molecule has 1 fully saturated rings. The minimum atomic E-state index is -0.213. The van der Waals surface area contributed by atoms with Crippen molar-refractivity contribution in [3.63, 3.8) is 0 Å². The lowest BCUT2D eigenvalue weighted by molar-refractivity contribution is -0.123. The third kappa shape index (κ3) is 7.61. The summed E-state index contributed by atoms with van der Waals surface area (Å²) in [6.07, 6.45) is 3.61. The van der Waals surface area contributed by atoms with Gasteiger partial charge in [-0.25, -0.2) is 4.79 Å². The summed E-state index contributed by atoms with van der Waals surface area (Å²) >= 11 is 0. The van der Waals surface area contributed by atoms with Gasteiger partial charge < -0.3 is 26.0 Å². The number of para-hydroxylation sites is 2. The van der Waals surface area contributed by atoms with Gasteiger partial charge in [-0.3, -0.25) is 4.79 Å². The fourth-order valence-corrected chi connectivity index (χ4v) is 3.72. The standard InChI is InChI=1S/C24H32N4O3/c25-23(29)19-12-16-28(17-13-19)15-7-6-14-26-24(30)27-22-11-5-4-8-20(22)18-31-21-9-2-1-3-10-21/h1-5,8-11,19H,6-7,12-18H2,(H2,25,29)(H2,26,27,30). The van der Waals surface area contributed by atoms with Crippen molar-refractivity contribution in [3.05, 3.63) is 60.2 Å². The second kappa shape index (κ2) is 12.0. The third-order valence-corrected chi connectivity index (χ3v) is 5.58. The lowest BCUT2D eigenvalue weighted by Gasteiger charge is -2.30. The highest BCUT2D eigenvalue weighted by Gasteiger charge is 2.22. The summed E-state index contributed by atoms with van der Waals surface area (Å²) in [5, 5.41) is 5.84. The first-order valence-corrected chi connectivity index (χ1v) is 10.9. The first-order chi connectivity index (χ1) is 15.1. The molecule has 0 spiro atoms. The van der Waals surface area contributed by atoms with Crippen molar-refractivity contribution >= 4 is 17.6 Å². The van der Waals surface area contributed by atoms with Crippen LogP contribution in [0.5, 0.6) is 5.75 Å². The average molecular weight is 425 g/mol. The van der Waals surface area contributed by atoms with Gasteiger partial charge in [-0.15, -0.1) is 0 Å². The molecule has 3 rings (SSSR count). The first kappa shape index (κ1) is 22.6. The summed E-state index contributed by atoms with van der Waals surface area (Å²) in [4.78, 5) is 25.9. The summed E-state index contributed by atoms with van der Waals surface area (Å²) in [7, 11) is 0. The molecule has 0 saturated carbocycles. The number of benzene rings is 2. The van der Waals surface area contributed by atoms with Gasteiger partial charge in [0.15, 0.2) is 0 Å². The van der Waals surface area contributed by atoms with E-state index >= 15 is 0 Å². The molecule has 1 saturated heterocycles. The van der Waals surface area contributed by atoms with Crippen molar-refractivity contribution in [3.8, 4) is 5.75 Å². The van der Waals surface area contributed by atoms with Crippen molar-refractivity contribution < 1.29 is 14.3 Å². The molecule has 166 valence electrons. The van der Waals surface area contributed by atoms with Crippen molar-refractivity contribution in [2.45, 2.75) is 32.3 Å². The van der Waals surface area contributed by atoms with Crippen LogP contribution < -0.4 is 21.1 Å². The van der Waals surface area contributed by atoms with E-state index in [0.717, 1.165) is 62.3 Å². The summed E-state index contributed by atoms with van der Waals surface area (Å²) in [5.41, 5.74) is 7.04. The van der Waals surface area contributed by atoms with Crippen LogP contribution in [0.1, 0.15) is 31.2 Å². The molecule has 3 amide bonds. The topological polar surface area (TPSA) is 96.7 Å². The second-order valence-corrected chi connectivity index (χ2v) is 7.87. The molecule has 0 aliphatic carbocycles. The number of hydrogen-bond acceptors (Lipinski definition) is 4. The van der Waals surface area contributed by atoms with Crippen LogP contribution in [-0.4, -0.2) is 43.0 Å². The van der Waals surface area contributed by atoms with Gasteiger partial charge in [0.1, 0.15) is 12.4 Å². The SMILES string of the molecule is NC(=O)C1CCN(CCCCNC(=O)Nc2ccccc2COc2ccccc2)CC1. The van der Waals surface area contributed by atoms with E-state index in [4.69, 9.17) is 10.5 Å². The molecular formula is C24H32N4O3. The maximum absolute atomic E-state index is 12.3. The maximum atomic E-state index is 12.3. The van der Waals surface area contributed by atoms with Gasteiger partial charge in [-0.2, -0.15) is 0 Å². The zero-order valence-corrected chi connectivity index (χ0v) is 17.9. The van der Waals surface area contributed by atoms with E-state index in [1.165, 1.54) is 0 Å². The molecule has 4 N–H and O–H groups in total. The van der Waals surface area contributed by atoms with Gasteiger partial charge in [-0.1, -0.05) is 36.4 Å². The first-order valence-electron chi connectivity index (χ1n) is 10.9. The molecule has 0 unspecified atom stereocenters. The van der Waals surface area contributed by atoms with Gasteiger partial charge in [0.2, 0.25) is 5.91 Å². The number of piperidine rings is 1. The Labute approximate surface area is 183 Å². The van der Waals surface area contributed by atoms with E-state index in [1.807, 2.05) is 54.6 Å². The van der Waals surface area contributed by atoms with Crippen molar-refractivity contribution in [1.82, 2.24) is 10.2 Å². The Morgan fingerprint density at radius 3 is 2.45 bits per heavy atom. The number of nitrogens with zero attached hydrogens (tertiary/aromatic N) is 1. The molecule has 7 heteroatoms. The molecule has 7 nitrogen and oxygen atoms in total. The number of carbonyl (C=O) groups is 2. The fourth-order valence-electron chi connectivity index (χ4n) is 3.72. The largest absolute Gasteiger partial charge is 0.489 e. The minimum absolute atomic E-state index is 0.0302. The molecule has 1 aliphatic rings. The Bertz CT molecular complexity index is 836. The Hall–Kier alpha value is -3.06. The minimum Gasteiger partial charge on any atom is -0.489 e. The number of hydrogen-bond donors (Lipinski definition) is 3. The molecule has 31 heavy (non-hydrogen) atoms. The van der Waals surface area contributed by atoms with E-state index < -0.39 is 0 Å². The predicted octanol–water partition coefficient (Wildman–Crippen LogP) is 3.36. The number of rotatable bonds is 10. The Morgan fingerprint density at radius 2 is 1.71 bits per heavy atom. The van der Waals surface area contributed by atoms with Crippen LogP contribution >= 0.6 is 0 Å². The van der Waals surface area contributed by atoms with E-state index in [9.17, 15) is 9.59 Å². The number of nitrogens with two attached hydrogens (primary N) is 1. The van der Waals surface area contributed by atoms with Gasteiger partial charge in [-0.05, 0) is 63.5 Å². The van der Waals surface area contributed by atoms with Crippen LogP contribution in [-0.2, 0) is 11.4 Å². The predicted molar refractivity (Wildman–Crippen MR) is 122 cm³/mol. The second-order valence-electron chi connectivity index (χ2n) is 7.87. The highest BCUT2D eigenvalue weighted by atomic mass is 16.5. The molecule has 1 heterocycles. The molecule has 0 atom stereocenters. The number of urea groups is 1. The number of unbranched alkanes of at least 4 members (excludes halogenated alkanes) is 1. The lowest BCUT2D eigenvalue weighted by atomic mass is 9.96. The number of carbonyl (C=O) groups excluding carboxylic acids is 2. The quantitative estimate of drug-likeness (QED) is 0.510. The Morgan fingerprint density at radius 1 is 1.00 bits per heavy atom. The van der Waals surface area contributed by atoms with Gasteiger partial charge in [0.05, 0.1) is 0 Å². The normalized spacial score (nSPS) is 14.7. The molecule has 2 aromatic carbocycles. The van der Waals surface area contributed by atoms with Gasteiger partial charge >= 0.3 is 6.03 Å². The Kier molecular flexibility index (Phi) is 8.72. The van der Waals surface area contributed by atoms with E-state index in [0.29, 0.717) is 13.2 Å².